The number of nitrogens with zero attached hydrogens (tertiary/aromatic N) is 1. The van der Waals surface area contributed by atoms with Crippen molar-refractivity contribution in [1.82, 2.24) is 4.98 Å². The second-order valence-electron chi connectivity index (χ2n) is 3.63. The Hall–Kier alpha value is -0.920. The summed E-state index contributed by atoms with van der Waals surface area (Å²) in [6.07, 6.45) is -0.157. The molecule has 1 aromatic carbocycles. The molecule has 0 saturated heterocycles. The zero-order chi connectivity index (χ0) is 13.3. The standard InChI is InChI=1S/C11H8BrNO3S2/c12-6-2-1-3-7-9(6)18-10(13-7)5(11(15)16)4-8(14)17/h1-3,5H,4H2,(H,14,17)(H,15,16). The van der Waals surface area contributed by atoms with Gasteiger partial charge in [0, 0.05) is 10.9 Å². The van der Waals surface area contributed by atoms with Crippen LogP contribution in [0.5, 0.6) is 0 Å². The molecule has 0 bridgehead atoms. The van der Waals surface area contributed by atoms with Gasteiger partial charge in [-0.1, -0.05) is 6.07 Å². The summed E-state index contributed by atoms with van der Waals surface area (Å²) in [6, 6.07) is 5.50. The van der Waals surface area contributed by atoms with Crippen molar-refractivity contribution in [3.05, 3.63) is 27.7 Å². The highest BCUT2D eigenvalue weighted by atomic mass is 79.9. The summed E-state index contributed by atoms with van der Waals surface area (Å²) < 4.78 is 1.75. The summed E-state index contributed by atoms with van der Waals surface area (Å²) in [5, 5.41) is 9.10. The van der Waals surface area contributed by atoms with Crippen LogP contribution in [-0.2, 0) is 9.59 Å². The lowest BCUT2D eigenvalue weighted by Gasteiger charge is -2.05. The molecule has 2 aromatic rings. The van der Waals surface area contributed by atoms with Crippen LogP contribution < -0.4 is 0 Å². The largest absolute Gasteiger partial charge is 0.481 e. The minimum absolute atomic E-state index is 0.157. The molecule has 0 amide bonds. The Morgan fingerprint density at radius 2 is 2.22 bits per heavy atom. The molecule has 0 aliphatic rings. The Morgan fingerprint density at radius 1 is 1.50 bits per heavy atom. The molecule has 1 unspecified atom stereocenters. The third-order valence-corrected chi connectivity index (χ3v) is 4.68. The maximum absolute atomic E-state index is 11.2. The summed E-state index contributed by atoms with van der Waals surface area (Å²) in [4.78, 5) is 26.4. The molecule has 1 heterocycles. The number of rotatable bonds is 4. The monoisotopic (exact) mass is 345 g/mol. The number of hydrogen-bond donors (Lipinski definition) is 2. The molecule has 94 valence electrons. The van der Waals surface area contributed by atoms with E-state index in [1.165, 1.54) is 11.3 Å². The molecule has 0 radical (unpaired) electrons. The molecule has 2 rings (SSSR count). The van der Waals surface area contributed by atoms with Gasteiger partial charge in [-0.3, -0.25) is 9.59 Å². The molecule has 0 aliphatic carbocycles. The normalized spacial score (nSPS) is 12.6. The predicted molar refractivity (Wildman–Crippen MR) is 76.3 cm³/mol. The smallest absolute Gasteiger partial charge is 0.313 e. The van der Waals surface area contributed by atoms with E-state index in [1.54, 1.807) is 0 Å². The number of carbonyl (C=O) groups is 2. The number of fused-ring (bicyclic) bond motifs is 1. The van der Waals surface area contributed by atoms with Crippen molar-refractivity contribution in [2.75, 3.05) is 0 Å². The number of aromatic nitrogens is 1. The first-order valence-corrected chi connectivity index (χ1v) is 7.04. The number of benzene rings is 1. The lowest BCUT2D eigenvalue weighted by atomic mass is 10.1. The van der Waals surface area contributed by atoms with E-state index in [-0.39, 0.29) is 6.42 Å². The zero-order valence-corrected chi connectivity index (χ0v) is 12.3. The molecule has 7 heteroatoms. The van der Waals surface area contributed by atoms with Crippen molar-refractivity contribution in [1.29, 1.82) is 0 Å². The van der Waals surface area contributed by atoms with Crippen LogP contribution in [-0.4, -0.2) is 21.2 Å². The number of hydrogen-bond acceptors (Lipinski definition) is 4. The second kappa shape index (κ2) is 5.38. The van der Waals surface area contributed by atoms with E-state index < -0.39 is 17.0 Å². The summed E-state index contributed by atoms with van der Waals surface area (Å²) in [7, 11) is 0. The highest BCUT2D eigenvalue weighted by molar-refractivity contribution is 9.10. The fraction of sp³-hybridized carbons (Fsp3) is 0.182. The molecule has 1 atom stereocenters. The molecular formula is C11H8BrNO3S2. The van der Waals surface area contributed by atoms with Gasteiger partial charge in [-0.2, -0.15) is 0 Å². The van der Waals surface area contributed by atoms with Crippen molar-refractivity contribution in [2.45, 2.75) is 12.3 Å². The van der Waals surface area contributed by atoms with Crippen molar-refractivity contribution in [2.24, 2.45) is 0 Å². The van der Waals surface area contributed by atoms with E-state index in [2.05, 4.69) is 33.5 Å². The van der Waals surface area contributed by atoms with Gasteiger partial charge >= 0.3 is 5.97 Å². The number of halogens is 1. The number of carbonyl (C=O) groups excluding carboxylic acids is 1. The highest BCUT2D eigenvalue weighted by Gasteiger charge is 2.26. The second-order valence-corrected chi connectivity index (χ2v) is 6.01. The van der Waals surface area contributed by atoms with E-state index in [0.717, 1.165) is 14.7 Å². The van der Waals surface area contributed by atoms with E-state index in [1.807, 2.05) is 18.2 Å². The quantitative estimate of drug-likeness (QED) is 0.835. The van der Waals surface area contributed by atoms with Crippen LogP contribution in [0.4, 0.5) is 0 Å². The summed E-state index contributed by atoms with van der Waals surface area (Å²) in [5.41, 5.74) is 0.724. The molecule has 1 aromatic heterocycles. The topological polar surface area (TPSA) is 67.3 Å². The van der Waals surface area contributed by atoms with Crippen molar-refractivity contribution in [3.63, 3.8) is 0 Å². The van der Waals surface area contributed by atoms with Crippen molar-refractivity contribution in [3.8, 4) is 0 Å². The minimum atomic E-state index is -1.06. The van der Waals surface area contributed by atoms with Gasteiger partial charge in [-0.25, -0.2) is 4.98 Å². The van der Waals surface area contributed by atoms with Gasteiger partial charge in [0.2, 0.25) is 0 Å². The molecule has 0 saturated carbocycles. The molecule has 0 fully saturated rings. The van der Waals surface area contributed by atoms with Gasteiger partial charge in [0.25, 0.3) is 0 Å². The molecule has 18 heavy (non-hydrogen) atoms. The third-order valence-electron chi connectivity index (χ3n) is 2.36. The fourth-order valence-corrected chi connectivity index (χ4v) is 3.38. The van der Waals surface area contributed by atoms with Gasteiger partial charge in [-0.05, 0) is 28.1 Å². The molecule has 1 N–H and O–H groups in total. The molecule has 0 spiro atoms. The maximum atomic E-state index is 11.2. The van der Waals surface area contributed by atoms with E-state index in [4.69, 9.17) is 5.11 Å². The van der Waals surface area contributed by atoms with Crippen molar-refractivity contribution < 1.29 is 14.7 Å². The molecular weight excluding hydrogens is 338 g/mol. The Morgan fingerprint density at radius 3 is 2.78 bits per heavy atom. The predicted octanol–water partition coefficient (Wildman–Crippen LogP) is 3.07. The van der Waals surface area contributed by atoms with E-state index in [0.29, 0.717) is 5.01 Å². The SMILES string of the molecule is O=C(S)CC(C(=O)O)c1nc2cccc(Br)c2s1. The number of aliphatic carboxylic acids is 1. The van der Waals surface area contributed by atoms with E-state index >= 15 is 0 Å². The first kappa shape index (κ1) is 13.5. The third kappa shape index (κ3) is 2.73. The van der Waals surface area contributed by atoms with Crippen LogP contribution in [0.1, 0.15) is 17.3 Å². The summed E-state index contributed by atoms with van der Waals surface area (Å²) in [6.45, 7) is 0. The molecule has 4 nitrogen and oxygen atoms in total. The maximum Gasteiger partial charge on any atom is 0.313 e. The van der Waals surface area contributed by atoms with Crippen LogP contribution >= 0.6 is 39.9 Å². The van der Waals surface area contributed by atoms with Crippen LogP contribution in [0.25, 0.3) is 10.2 Å². The average molecular weight is 346 g/mol. The Labute approximate surface area is 121 Å². The van der Waals surface area contributed by atoms with Crippen molar-refractivity contribution >= 4 is 61.2 Å². The lowest BCUT2D eigenvalue weighted by molar-refractivity contribution is -0.139. The Balaban J connectivity index is 2.48. The number of carboxylic acid groups (broad SMARTS) is 1. The Bertz CT molecular complexity index is 626. The van der Waals surface area contributed by atoms with Gasteiger partial charge in [0.15, 0.2) is 5.12 Å². The highest BCUT2D eigenvalue weighted by Crippen LogP contribution is 2.34. The van der Waals surface area contributed by atoms with Gasteiger partial charge in [0.05, 0.1) is 10.2 Å². The summed E-state index contributed by atoms with van der Waals surface area (Å²) >= 11 is 8.30. The van der Waals surface area contributed by atoms with Crippen LogP contribution in [0.3, 0.4) is 0 Å². The van der Waals surface area contributed by atoms with Gasteiger partial charge in [0.1, 0.15) is 10.9 Å². The van der Waals surface area contributed by atoms with Crippen LogP contribution in [0.15, 0.2) is 22.7 Å². The number of carboxylic acids is 1. The first-order chi connectivity index (χ1) is 8.49. The zero-order valence-electron chi connectivity index (χ0n) is 8.96. The number of thiazole rings is 1. The van der Waals surface area contributed by atoms with Crippen LogP contribution in [0, 0.1) is 0 Å². The molecule has 0 aliphatic heterocycles. The van der Waals surface area contributed by atoms with Gasteiger partial charge < -0.3 is 5.11 Å². The summed E-state index contributed by atoms with van der Waals surface area (Å²) in [5.74, 6) is -1.99. The number of thiol groups is 1. The fourth-order valence-electron chi connectivity index (χ4n) is 1.54. The van der Waals surface area contributed by atoms with Gasteiger partial charge in [-0.15, -0.1) is 24.0 Å². The lowest BCUT2D eigenvalue weighted by Crippen LogP contribution is -2.13. The van der Waals surface area contributed by atoms with E-state index in [9.17, 15) is 9.59 Å². The first-order valence-electron chi connectivity index (χ1n) is 4.98. The average Bonchev–Trinajstić information content (AvgIpc) is 2.70. The minimum Gasteiger partial charge on any atom is -0.481 e. The van der Waals surface area contributed by atoms with Crippen LogP contribution in [0.2, 0.25) is 0 Å². The Kier molecular flexibility index (Phi) is 4.04.